The second-order valence-corrected chi connectivity index (χ2v) is 6.45. The summed E-state index contributed by atoms with van der Waals surface area (Å²) in [4.78, 5) is 13.6. The van der Waals surface area contributed by atoms with Crippen molar-refractivity contribution in [2.24, 2.45) is 0 Å². The van der Waals surface area contributed by atoms with Gasteiger partial charge in [-0.3, -0.25) is 4.79 Å². The molecule has 0 bridgehead atoms. The van der Waals surface area contributed by atoms with Crippen LogP contribution in [0.4, 0.5) is 5.69 Å². The topological polar surface area (TPSA) is 32.3 Å². The Morgan fingerprint density at radius 1 is 1.45 bits per heavy atom. The summed E-state index contributed by atoms with van der Waals surface area (Å²) in [6, 6.07) is 8.17. The van der Waals surface area contributed by atoms with Gasteiger partial charge in [0.2, 0.25) is 5.91 Å². The third-order valence-corrected chi connectivity index (χ3v) is 4.34. The molecule has 0 saturated heterocycles. The Bertz CT molecular complexity index is 522. The van der Waals surface area contributed by atoms with E-state index in [0.29, 0.717) is 12.1 Å². The van der Waals surface area contributed by atoms with Crippen molar-refractivity contribution >= 4 is 11.6 Å². The van der Waals surface area contributed by atoms with Crippen molar-refractivity contribution in [1.29, 1.82) is 0 Å². The standard InChI is InChI=1S/C17H24N2O/c1-11(18-16-5-6-16)8-14-4-7-17-15(10-14)9-12(2)19(17)13(3)20/h4,7,10-12,16,18H,5-6,8-9H2,1-3H3. The van der Waals surface area contributed by atoms with E-state index in [9.17, 15) is 4.79 Å². The zero-order chi connectivity index (χ0) is 14.3. The molecule has 20 heavy (non-hydrogen) atoms. The third kappa shape index (κ3) is 2.73. The number of nitrogens with zero attached hydrogens (tertiary/aromatic N) is 1. The summed E-state index contributed by atoms with van der Waals surface area (Å²) in [7, 11) is 0. The predicted molar refractivity (Wildman–Crippen MR) is 82.1 cm³/mol. The van der Waals surface area contributed by atoms with E-state index in [-0.39, 0.29) is 5.91 Å². The fourth-order valence-electron chi connectivity index (χ4n) is 3.36. The van der Waals surface area contributed by atoms with Gasteiger partial charge in [-0.25, -0.2) is 0 Å². The highest BCUT2D eigenvalue weighted by atomic mass is 16.2. The van der Waals surface area contributed by atoms with Gasteiger partial charge in [0.05, 0.1) is 0 Å². The molecule has 1 saturated carbocycles. The molecule has 1 fully saturated rings. The van der Waals surface area contributed by atoms with Gasteiger partial charge >= 0.3 is 0 Å². The van der Waals surface area contributed by atoms with Crippen molar-refractivity contribution in [3.8, 4) is 0 Å². The summed E-state index contributed by atoms with van der Waals surface area (Å²) in [6.45, 7) is 6.04. The normalized spacial score (nSPS) is 22.8. The maximum absolute atomic E-state index is 11.7. The molecule has 3 heteroatoms. The molecule has 1 heterocycles. The predicted octanol–water partition coefficient (Wildman–Crippen LogP) is 2.67. The van der Waals surface area contributed by atoms with E-state index in [1.807, 2.05) is 4.90 Å². The highest BCUT2D eigenvalue weighted by molar-refractivity contribution is 5.94. The van der Waals surface area contributed by atoms with E-state index in [2.05, 4.69) is 37.4 Å². The number of carbonyl (C=O) groups excluding carboxylic acids is 1. The summed E-state index contributed by atoms with van der Waals surface area (Å²) in [5.41, 5.74) is 3.81. The van der Waals surface area contributed by atoms with Crippen molar-refractivity contribution in [2.45, 2.75) is 64.6 Å². The first-order valence-corrected chi connectivity index (χ1v) is 7.72. The fraction of sp³-hybridized carbons (Fsp3) is 0.588. The van der Waals surface area contributed by atoms with Crippen LogP contribution in [0.3, 0.4) is 0 Å². The average molecular weight is 272 g/mol. The van der Waals surface area contributed by atoms with Crippen LogP contribution in [-0.4, -0.2) is 24.0 Å². The number of nitrogens with one attached hydrogen (secondary N) is 1. The molecule has 1 aliphatic carbocycles. The zero-order valence-corrected chi connectivity index (χ0v) is 12.6. The van der Waals surface area contributed by atoms with Crippen molar-refractivity contribution < 1.29 is 4.79 Å². The number of anilines is 1. The van der Waals surface area contributed by atoms with Crippen LogP contribution < -0.4 is 10.2 Å². The highest BCUT2D eigenvalue weighted by Crippen LogP contribution is 2.33. The molecule has 1 aliphatic heterocycles. The Labute approximate surface area is 121 Å². The SMILES string of the molecule is CC(=O)N1c2ccc(CC(C)NC3CC3)cc2CC1C. The van der Waals surface area contributed by atoms with Crippen LogP contribution in [0.5, 0.6) is 0 Å². The molecular formula is C17H24N2O. The minimum absolute atomic E-state index is 0.146. The van der Waals surface area contributed by atoms with E-state index in [4.69, 9.17) is 0 Å². The number of rotatable bonds is 4. The Morgan fingerprint density at radius 3 is 2.85 bits per heavy atom. The molecule has 3 nitrogen and oxygen atoms in total. The van der Waals surface area contributed by atoms with Crippen LogP contribution in [-0.2, 0) is 17.6 Å². The molecule has 0 radical (unpaired) electrons. The van der Waals surface area contributed by atoms with Crippen LogP contribution in [0.25, 0.3) is 0 Å². The second kappa shape index (κ2) is 5.21. The van der Waals surface area contributed by atoms with Gasteiger partial charge in [-0.1, -0.05) is 12.1 Å². The lowest BCUT2D eigenvalue weighted by Gasteiger charge is -2.20. The molecule has 2 aliphatic rings. The van der Waals surface area contributed by atoms with Gasteiger partial charge in [0.25, 0.3) is 0 Å². The lowest BCUT2D eigenvalue weighted by atomic mass is 10.0. The van der Waals surface area contributed by atoms with Crippen molar-refractivity contribution in [3.05, 3.63) is 29.3 Å². The van der Waals surface area contributed by atoms with Crippen molar-refractivity contribution in [3.63, 3.8) is 0 Å². The monoisotopic (exact) mass is 272 g/mol. The molecule has 2 unspecified atom stereocenters. The number of hydrogen-bond acceptors (Lipinski definition) is 2. The van der Waals surface area contributed by atoms with E-state index >= 15 is 0 Å². The van der Waals surface area contributed by atoms with Gasteiger partial charge in [-0.05, 0) is 56.7 Å². The molecule has 1 N–H and O–H groups in total. The van der Waals surface area contributed by atoms with Gasteiger partial charge < -0.3 is 10.2 Å². The van der Waals surface area contributed by atoms with Crippen LogP contribution >= 0.6 is 0 Å². The Hall–Kier alpha value is -1.35. The van der Waals surface area contributed by atoms with Gasteiger partial charge in [0.15, 0.2) is 0 Å². The Balaban J connectivity index is 1.73. The number of amides is 1. The first kappa shape index (κ1) is 13.6. The van der Waals surface area contributed by atoms with Crippen LogP contribution in [0.2, 0.25) is 0 Å². The third-order valence-electron chi connectivity index (χ3n) is 4.34. The summed E-state index contributed by atoms with van der Waals surface area (Å²) in [6.07, 6.45) is 4.71. The molecular weight excluding hydrogens is 248 g/mol. The summed E-state index contributed by atoms with van der Waals surface area (Å²) in [5.74, 6) is 0.146. The van der Waals surface area contributed by atoms with Crippen LogP contribution in [0, 0.1) is 0 Å². The molecule has 0 spiro atoms. The lowest BCUT2D eigenvalue weighted by molar-refractivity contribution is -0.116. The quantitative estimate of drug-likeness (QED) is 0.914. The van der Waals surface area contributed by atoms with Gasteiger partial charge in [-0.2, -0.15) is 0 Å². The average Bonchev–Trinajstić information content (AvgIpc) is 3.09. The molecule has 0 aromatic heterocycles. The maximum Gasteiger partial charge on any atom is 0.224 e. The van der Waals surface area contributed by atoms with Crippen LogP contribution in [0.15, 0.2) is 18.2 Å². The van der Waals surface area contributed by atoms with Gasteiger partial charge in [-0.15, -0.1) is 0 Å². The van der Waals surface area contributed by atoms with Crippen molar-refractivity contribution in [1.82, 2.24) is 5.32 Å². The number of fused-ring (bicyclic) bond motifs is 1. The Morgan fingerprint density at radius 2 is 2.20 bits per heavy atom. The Kier molecular flexibility index (Phi) is 3.55. The fourth-order valence-corrected chi connectivity index (χ4v) is 3.36. The molecule has 1 aromatic carbocycles. The van der Waals surface area contributed by atoms with Gasteiger partial charge in [0, 0.05) is 30.7 Å². The molecule has 1 amide bonds. The van der Waals surface area contributed by atoms with E-state index in [0.717, 1.165) is 24.6 Å². The van der Waals surface area contributed by atoms with Crippen LogP contribution in [0.1, 0.15) is 44.7 Å². The molecule has 108 valence electrons. The second-order valence-electron chi connectivity index (χ2n) is 6.45. The van der Waals surface area contributed by atoms with Crippen molar-refractivity contribution in [2.75, 3.05) is 4.90 Å². The maximum atomic E-state index is 11.7. The highest BCUT2D eigenvalue weighted by Gasteiger charge is 2.29. The molecule has 1 aromatic rings. The summed E-state index contributed by atoms with van der Waals surface area (Å²) in [5, 5.41) is 3.64. The van der Waals surface area contributed by atoms with E-state index in [1.54, 1.807) is 6.92 Å². The first-order chi connectivity index (χ1) is 9.54. The lowest BCUT2D eigenvalue weighted by Crippen LogP contribution is -2.33. The number of benzene rings is 1. The van der Waals surface area contributed by atoms with E-state index < -0.39 is 0 Å². The largest absolute Gasteiger partial charge is 0.311 e. The van der Waals surface area contributed by atoms with Gasteiger partial charge in [0.1, 0.15) is 0 Å². The molecule has 2 atom stereocenters. The number of hydrogen-bond donors (Lipinski definition) is 1. The minimum Gasteiger partial charge on any atom is -0.311 e. The number of carbonyl (C=O) groups is 1. The smallest absolute Gasteiger partial charge is 0.224 e. The minimum atomic E-state index is 0.146. The first-order valence-electron chi connectivity index (χ1n) is 7.72. The molecule has 3 rings (SSSR count). The summed E-state index contributed by atoms with van der Waals surface area (Å²) < 4.78 is 0. The zero-order valence-electron chi connectivity index (χ0n) is 12.6. The summed E-state index contributed by atoms with van der Waals surface area (Å²) >= 11 is 0. The van der Waals surface area contributed by atoms with E-state index in [1.165, 1.54) is 24.0 Å².